The molecule has 1 aliphatic heterocycles. The van der Waals surface area contributed by atoms with E-state index in [1.165, 1.54) is 19.1 Å². The highest BCUT2D eigenvalue weighted by molar-refractivity contribution is 6.47. The van der Waals surface area contributed by atoms with Crippen molar-refractivity contribution in [2.75, 3.05) is 27.9 Å². The van der Waals surface area contributed by atoms with Gasteiger partial charge in [0.1, 0.15) is 11.5 Å². The van der Waals surface area contributed by atoms with Gasteiger partial charge in [0.25, 0.3) is 11.7 Å². The van der Waals surface area contributed by atoms with Gasteiger partial charge in [-0.05, 0) is 60.0 Å². The number of methoxy groups -OCH3 is 3. The summed E-state index contributed by atoms with van der Waals surface area (Å²) in [5.74, 6) is -0.257. The molecule has 1 aromatic heterocycles. The number of hydrogen-bond acceptors (Lipinski definition) is 6. The molecule has 0 spiro atoms. The van der Waals surface area contributed by atoms with Crippen LogP contribution in [0.4, 0.5) is 0 Å². The minimum absolute atomic E-state index is 0.0408. The molecule has 1 amide bonds. The molecule has 1 fully saturated rings. The first-order valence-electron chi connectivity index (χ1n) is 12.3. The Morgan fingerprint density at radius 2 is 1.74 bits per heavy atom. The van der Waals surface area contributed by atoms with Crippen LogP contribution in [0.5, 0.6) is 17.2 Å². The van der Waals surface area contributed by atoms with E-state index in [0.717, 1.165) is 22.2 Å². The predicted octanol–water partition coefficient (Wildman–Crippen LogP) is 5.51. The molecule has 0 aliphatic carbocycles. The fourth-order valence-electron chi connectivity index (χ4n) is 5.00. The summed E-state index contributed by atoms with van der Waals surface area (Å²) < 4.78 is 16.0. The van der Waals surface area contributed by atoms with E-state index in [-0.39, 0.29) is 17.9 Å². The lowest BCUT2D eigenvalue weighted by molar-refractivity contribution is -0.139. The Bertz CT molecular complexity index is 1610. The molecule has 0 saturated carbocycles. The van der Waals surface area contributed by atoms with Crippen molar-refractivity contribution >= 4 is 40.0 Å². The van der Waals surface area contributed by atoms with Gasteiger partial charge in [-0.2, -0.15) is 0 Å². The van der Waals surface area contributed by atoms with Gasteiger partial charge in [-0.1, -0.05) is 29.8 Å². The molecule has 200 valence electrons. The lowest BCUT2D eigenvalue weighted by Crippen LogP contribution is -2.31. The maximum absolute atomic E-state index is 13.4. The van der Waals surface area contributed by atoms with Crippen molar-refractivity contribution in [3.05, 3.63) is 94.1 Å². The average Bonchev–Trinajstić information content (AvgIpc) is 3.48. The van der Waals surface area contributed by atoms with Crippen molar-refractivity contribution in [1.82, 2.24) is 9.88 Å². The van der Waals surface area contributed by atoms with Gasteiger partial charge in [-0.15, -0.1) is 0 Å². The smallest absolute Gasteiger partial charge is 0.295 e. The number of Topliss-reactive ketones (excluding diaryl/α,β-unsaturated/α-hetero) is 1. The van der Waals surface area contributed by atoms with Crippen molar-refractivity contribution in [3.8, 4) is 17.2 Å². The number of halogens is 1. The predicted molar refractivity (Wildman–Crippen MR) is 149 cm³/mol. The molecule has 0 radical (unpaired) electrons. The highest BCUT2D eigenvalue weighted by Crippen LogP contribution is 2.43. The minimum atomic E-state index is -0.883. The number of aliphatic hydroxyl groups is 1. The first kappa shape index (κ1) is 26.2. The summed E-state index contributed by atoms with van der Waals surface area (Å²) in [6, 6.07) is 16.6. The van der Waals surface area contributed by atoms with Crippen LogP contribution in [-0.4, -0.2) is 54.6 Å². The molecule has 8 nitrogen and oxygen atoms in total. The van der Waals surface area contributed by atoms with Gasteiger partial charge < -0.3 is 29.2 Å². The van der Waals surface area contributed by atoms with Crippen LogP contribution in [0, 0.1) is 0 Å². The van der Waals surface area contributed by atoms with Crippen LogP contribution in [0.15, 0.2) is 72.4 Å². The number of nitrogens with zero attached hydrogens (tertiary/aromatic N) is 1. The number of aromatic amines is 1. The topological polar surface area (TPSA) is 101 Å². The van der Waals surface area contributed by atoms with E-state index in [2.05, 4.69) is 4.98 Å². The molecule has 2 N–H and O–H groups in total. The number of aliphatic hydroxyl groups excluding tert-OH is 1. The van der Waals surface area contributed by atoms with E-state index in [9.17, 15) is 14.7 Å². The fraction of sp³-hybridized carbons (Fsp3) is 0.200. The van der Waals surface area contributed by atoms with E-state index in [1.54, 1.807) is 49.6 Å². The van der Waals surface area contributed by atoms with Gasteiger partial charge in [-0.25, -0.2) is 0 Å². The number of ether oxygens (including phenoxy) is 3. The van der Waals surface area contributed by atoms with E-state index in [1.807, 2.05) is 24.4 Å². The van der Waals surface area contributed by atoms with Gasteiger partial charge in [0.15, 0.2) is 11.5 Å². The summed E-state index contributed by atoms with van der Waals surface area (Å²) in [4.78, 5) is 31.5. The molecule has 2 heterocycles. The Hall–Kier alpha value is -4.43. The molecule has 39 heavy (non-hydrogen) atoms. The first-order valence-corrected chi connectivity index (χ1v) is 12.6. The van der Waals surface area contributed by atoms with Crippen molar-refractivity contribution in [1.29, 1.82) is 0 Å². The zero-order valence-corrected chi connectivity index (χ0v) is 22.4. The van der Waals surface area contributed by atoms with Crippen LogP contribution in [0.25, 0.3) is 16.7 Å². The molecule has 9 heteroatoms. The molecule has 1 saturated heterocycles. The summed E-state index contributed by atoms with van der Waals surface area (Å²) in [5.41, 5.74) is 2.71. The van der Waals surface area contributed by atoms with Gasteiger partial charge >= 0.3 is 0 Å². The van der Waals surface area contributed by atoms with E-state index in [4.69, 9.17) is 25.8 Å². The number of ketones is 1. The van der Waals surface area contributed by atoms with Gasteiger partial charge in [-0.3, -0.25) is 9.59 Å². The number of benzene rings is 3. The third-order valence-corrected chi connectivity index (χ3v) is 7.34. The molecule has 3 aromatic carbocycles. The summed E-state index contributed by atoms with van der Waals surface area (Å²) >= 11 is 6.57. The highest BCUT2D eigenvalue weighted by Gasteiger charge is 2.46. The summed E-state index contributed by atoms with van der Waals surface area (Å²) in [6.07, 6.45) is 2.34. The lowest BCUT2D eigenvalue weighted by Gasteiger charge is -2.26. The number of nitrogens with one attached hydrogen (secondary N) is 1. The maximum atomic E-state index is 13.4. The third-order valence-electron chi connectivity index (χ3n) is 6.99. The Labute approximate surface area is 230 Å². The average molecular weight is 547 g/mol. The Morgan fingerprint density at radius 3 is 2.46 bits per heavy atom. The number of rotatable bonds is 8. The normalized spacial score (nSPS) is 16.6. The van der Waals surface area contributed by atoms with Gasteiger partial charge in [0.05, 0.1) is 32.9 Å². The second kappa shape index (κ2) is 10.7. The maximum Gasteiger partial charge on any atom is 0.295 e. The lowest BCUT2D eigenvalue weighted by atomic mass is 9.95. The highest BCUT2D eigenvalue weighted by atomic mass is 35.5. The number of amides is 1. The Kier molecular flexibility index (Phi) is 7.21. The van der Waals surface area contributed by atoms with Crippen LogP contribution in [-0.2, 0) is 16.0 Å². The monoisotopic (exact) mass is 546 g/mol. The van der Waals surface area contributed by atoms with Crippen LogP contribution in [0.3, 0.4) is 0 Å². The molecule has 1 atom stereocenters. The zero-order valence-electron chi connectivity index (χ0n) is 21.7. The second-order valence-electron chi connectivity index (χ2n) is 9.06. The number of carbonyl (C=O) groups excluding carboxylic acids is 2. The number of H-pyrrole nitrogens is 1. The molecule has 0 bridgehead atoms. The largest absolute Gasteiger partial charge is 0.507 e. The zero-order chi connectivity index (χ0) is 27.7. The molecular weight excluding hydrogens is 520 g/mol. The van der Waals surface area contributed by atoms with E-state index >= 15 is 0 Å². The number of aromatic nitrogens is 1. The van der Waals surface area contributed by atoms with E-state index < -0.39 is 17.7 Å². The number of fused-ring (bicyclic) bond motifs is 1. The molecular formula is C30H27ClN2O6. The SMILES string of the molecule is COc1ccc2[nH]cc(CCN3C(=O)C(=O)C(=C(O)c4ccc(OC)c(OC)c4)[C@H]3c3ccccc3Cl)c2c1. The molecule has 1 aliphatic rings. The van der Waals surface area contributed by atoms with Crippen LogP contribution < -0.4 is 14.2 Å². The molecule has 0 unspecified atom stereocenters. The summed E-state index contributed by atoms with van der Waals surface area (Å²) in [5, 5.41) is 12.7. The number of hydrogen-bond donors (Lipinski definition) is 2. The van der Waals surface area contributed by atoms with Crippen molar-refractivity contribution in [2.24, 2.45) is 0 Å². The van der Waals surface area contributed by atoms with Gasteiger partial charge in [0.2, 0.25) is 0 Å². The van der Waals surface area contributed by atoms with Crippen molar-refractivity contribution < 1.29 is 28.9 Å². The van der Waals surface area contributed by atoms with Crippen molar-refractivity contribution in [3.63, 3.8) is 0 Å². The quantitative estimate of drug-likeness (QED) is 0.172. The van der Waals surface area contributed by atoms with Crippen LogP contribution >= 0.6 is 11.6 Å². The van der Waals surface area contributed by atoms with Gasteiger partial charge in [0, 0.05) is 34.2 Å². The first-order chi connectivity index (χ1) is 18.9. The van der Waals surface area contributed by atoms with E-state index in [0.29, 0.717) is 34.1 Å². The Balaban J connectivity index is 1.58. The van der Waals surface area contributed by atoms with Crippen molar-refractivity contribution in [2.45, 2.75) is 12.5 Å². The van der Waals surface area contributed by atoms with Crippen LogP contribution in [0.1, 0.15) is 22.7 Å². The standard InChI is InChI=1S/C30H27ClN2O6/c1-37-19-9-10-23-21(15-19)18(16-32-23)12-13-33-27(20-6-4-5-7-22(20)31)26(29(35)30(33)36)28(34)17-8-11-24(38-2)25(14-17)39-3/h4-11,14-16,27,32,34H,12-13H2,1-3H3/t27-/m1/s1. The number of likely N-dealkylation sites (tertiary alicyclic amines) is 1. The molecule has 5 rings (SSSR count). The molecule has 4 aromatic rings. The summed E-state index contributed by atoms with van der Waals surface area (Å²) in [7, 11) is 4.59. The summed E-state index contributed by atoms with van der Waals surface area (Å²) in [6.45, 7) is 0.216. The third kappa shape index (κ3) is 4.68. The fourth-order valence-corrected chi connectivity index (χ4v) is 5.24. The Morgan fingerprint density at radius 1 is 0.974 bits per heavy atom. The second-order valence-corrected chi connectivity index (χ2v) is 9.47. The van der Waals surface area contributed by atoms with Crippen LogP contribution in [0.2, 0.25) is 5.02 Å². The minimum Gasteiger partial charge on any atom is -0.507 e. The number of carbonyl (C=O) groups is 2.